The van der Waals surface area contributed by atoms with Crippen LogP contribution in [0.5, 0.6) is 11.5 Å². The monoisotopic (exact) mass is 1690 g/mol. The lowest BCUT2D eigenvalue weighted by molar-refractivity contribution is 0.0686. The van der Waals surface area contributed by atoms with Gasteiger partial charge in [-0.15, -0.1) is 0 Å². The van der Waals surface area contributed by atoms with Gasteiger partial charge in [-0.05, 0) is 246 Å². The van der Waals surface area contributed by atoms with Crippen LogP contribution in [0.15, 0.2) is 249 Å². The number of aromatic nitrogens is 2. The van der Waals surface area contributed by atoms with Crippen molar-refractivity contribution in [2.45, 2.75) is 266 Å². The first-order valence-electron chi connectivity index (χ1n) is 46.3. The van der Waals surface area contributed by atoms with Crippen LogP contribution >= 0.6 is 0 Å². The van der Waals surface area contributed by atoms with Crippen molar-refractivity contribution in [3.05, 3.63) is 305 Å². The number of carboxylic acids is 4. The predicted octanol–water partition coefficient (Wildman–Crippen LogP) is 29.6. The lowest BCUT2D eigenvalue weighted by atomic mass is 9.97. The molecule has 11 aromatic rings. The van der Waals surface area contributed by atoms with Crippen molar-refractivity contribution in [1.29, 1.82) is 0 Å². The van der Waals surface area contributed by atoms with E-state index in [2.05, 4.69) is 138 Å². The van der Waals surface area contributed by atoms with Crippen molar-refractivity contribution in [3.63, 3.8) is 0 Å². The summed E-state index contributed by atoms with van der Waals surface area (Å²) in [5.74, 6) is -1.82. The zero-order chi connectivity index (χ0) is 89.6. The van der Waals surface area contributed by atoms with Crippen molar-refractivity contribution in [3.8, 4) is 67.1 Å². The summed E-state index contributed by atoms with van der Waals surface area (Å²) >= 11 is 0. The normalized spacial score (nSPS) is 11.6. The molecule has 1 fully saturated rings. The number of carbonyl (C=O) groups is 5. The van der Waals surface area contributed by atoms with Crippen molar-refractivity contribution >= 4 is 29.8 Å². The molecule has 0 saturated heterocycles. The van der Waals surface area contributed by atoms with Crippen LogP contribution in [-0.2, 0) is 19.3 Å². The van der Waals surface area contributed by atoms with Gasteiger partial charge in [0.05, 0.1) is 35.5 Å². The van der Waals surface area contributed by atoms with Gasteiger partial charge in [0.15, 0.2) is 0 Å². The molecule has 14 heteroatoms. The molecule has 0 atom stereocenters. The van der Waals surface area contributed by atoms with Crippen molar-refractivity contribution in [2.75, 3.05) is 13.2 Å². The SMILES string of the molecule is CCCCCCCCc1ccc(-c2ccc(C(=O)n3ccnc3)cc2)cc1.CCCCCCCc1ccc(-c2ccc(C(=O)O)cc2)cc1.CCCCCCCc1ccc(-c2ccc(C(=O)O)cc2)cc1.CCCCCCOc1cc(C)c(-c2ccc(C(=O)O)cc2)cc1C.CCCCCCOc1ccc(-c2ccc(C(=O)O)cc2)cc1.NC1CCCCCC1. The van der Waals surface area contributed by atoms with Gasteiger partial charge in [-0.25, -0.2) is 24.2 Å². The second kappa shape index (κ2) is 58.6. The summed E-state index contributed by atoms with van der Waals surface area (Å²) in [6.45, 7) is 16.8. The quantitative estimate of drug-likeness (QED) is 0.0178. The van der Waals surface area contributed by atoms with Crippen LogP contribution in [0.4, 0.5) is 0 Å². The Morgan fingerprint density at radius 2 is 0.624 bits per heavy atom. The summed E-state index contributed by atoms with van der Waals surface area (Å²) in [6.07, 6.45) is 47.0. The van der Waals surface area contributed by atoms with Crippen LogP contribution < -0.4 is 15.2 Å². The zero-order valence-corrected chi connectivity index (χ0v) is 75.6. The number of rotatable bonds is 41. The summed E-state index contributed by atoms with van der Waals surface area (Å²) in [7, 11) is 0. The Morgan fingerprint density at radius 3 is 0.944 bits per heavy atom. The van der Waals surface area contributed by atoms with E-state index in [0.29, 0.717) is 33.9 Å². The van der Waals surface area contributed by atoms with Gasteiger partial charge in [0.2, 0.25) is 0 Å². The Bertz CT molecular complexity index is 4560. The molecule has 14 nitrogen and oxygen atoms in total. The van der Waals surface area contributed by atoms with Gasteiger partial charge in [0, 0.05) is 24.0 Å². The van der Waals surface area contributed by atoms with Gasteiger partial charge >= 0.3 is 23.9 Å². The third-order valence-electron chi connectivity index (χ3n) is 22.7. The molecule has 0 bridgehead atoms. The molecule has 0 spiro atoms. The van der Waals surface area contributed by atoms with E-state index in [4.69, 9.17) is 35.6 Å². The molecule has 0 radical (unpaired) electrons. The van der Waals surface area contributed by atoms with Gasteiger partial charge in [-0.1, -0.05) is 328 Å². The van der Waals surface area contributed by atoms with E-state index in [-0.39, 0.29) is 5.91 Å². The first-order chi connectivity index (χ1) is 60.8. The second-order valence-electron chi connectivity index (χ2n) is 32.8. The maximum Gasteiger partial charge on any atom is 0.335 e. The minimum absolute atomic E-state index is 0.0617. The molecule has 0 aliphatic heterocycles. The molecule has 1 heterocycles. The number of carboxylic acid groups (broad SMARTS) is 4. The molecule has 12 rings (SSSR count). The Labute approximate surface area is 746 Å². The molecular formula is C111H139N3O11. The largest absolute Gasteiger partial charge is 0.494 e. The number of ether oxygens (including phenoxy) is 2. The maximum absolute atomic E-state index is 12.3. The molecule has 1 aliphatic carbocycles. The molecule has 0 amide bonds. The Balaban J connectivity index is 0.000000210. The second-order valence-corrected chi connectivity index (χ2v) is 32.8. The first kappa shape index (κ1) is 101. The molecule has 1 aliphatic rings. The molecule has 1 aromatic heterocycles. The molecular weight excluding hydrogens is 1550 g/mol. The van der Waals surface area contributed by atoms with Crippen LogP contribution in [0.25, 0.3) is 55.6 Å². The summed E-state index contributed by atoms with van der Waals surface area (Å²) in [6, 6.07) is 74.4. The highest BCUT2D eigenvalue weighted by molar-refractivity contribution is 5.96. The molecule has 664 valence electrons. The van der Waals surface area contributed by atoms with Crippen molar-refractivity contribution in [2.24, 2.45) is 5.73 Å². The number of benzene rings is 10. The van der Waals surface area contributed by atoms with Crippen LogP contribution in [0.2, 0.25) is 0 Å². The minimum atomic E-state index is -0.904. The lowest BCUT2D eigenvalue weighted by Crippen LogP contribution is -2.17. The standard InChI is InChI=1S/C24H28N2O.C21H26O3.2C20H24O2.C19H22O3.C7H15N/c1-2-3-4-5-6-7-8-20-9-11-21(12-10-20)22-13-15-23(16-14-22)24(27)26-18-17-25-19-26;1-4-5-6-7-12-24-20-14-15(2)19(13-16(20)3)17-8-10-18(11-9-17)21(22)23;2*1-2-3-4-5-6-7-16-8-10-17(11-9-16)18-12-14-19(15-13-18)20(21)22;1-2-3-4-5-14-22-18-12-10-16(11-13-18)15-6-8-17(9-7-15)19(20)21;8-7-5-3-1-2-4-6-7/h9-19H,2-8H2,1H3;8-11,13-14H,4-7,12H2,1-3H3,(H,22,23);2*8-15H,2-7H2,1H3,(H,21,22);6-13H,2-5,14H2,1H3,(H,20,21);7H,1-6,8H2. The van der Waals surface area contributed by atoms with Gasteiger partial charge in [-0.3, -0.25) is 9.36 Å². The fourth-order valence-electron chi connectivity index (χ4n) is 14.8. The molecule has 10 aromatic carbocycles. The number of imidazole rings is 1. The summed E-state index contributed by atoms with van der Waals surface area (Å²) in [5.41, 5.74) is 24.9. The fraction of sp³-hybridized carbons (Fsp3) is 0.387. The van der Waals surface area contributed by atoms with E-state index in [1.807, 2.05) is 97.1 Å². The van der Waals surface area contributed by atoms with Gasteiger partial charge < -0.3 is 35.6 Å². The number of unbranched alkanes of at least 4 members (excludes halogenated alkanes) is 19. The van der Waals surface area contributed by atoms with Gasteiger partial charge in [0.1, 0.15) is 17.8 Å². The Morgan fingerprint density at radius 1 is 0.336 bits per heavy atom. The smallest absolute Gasteiger partial charge is 0.335 e. The van der Waals surface area contributed by atoms with Crippen LogP contribution in [0.3, 0.4) is 0 Å². The van der Waals surface area contributed by atoms with Crippen LogP contribution in [0.1, 0.15) is 307 Å². The minimum Gasteiger partial charge on any atom is -0.494 e. The average Bonchev–Trinajstić information content (AvgIpc) is 1.23. The molecule has 1 saturated carbocycles. The summed E-state index contributed by atoms with van der Waals surface area (Å²) in [5, 5.41) is 35.7. The number of nitrogens with zero attached hydrogens (tertiary/aromatic N) is 2. The first-order valence-corrected chi connectivity index (χ1v) is 46.3. The van der Waals surface area contributed by atoms with E-state index in [1.54, 1.807) is 60.9 Å². The van der Waals surface area contributed by atoms with E-state index in [0.717, 1.165) is 118 Å². The number of aryl methyl sites for hydroxylation is 5. The number of hydrogen-bond acceptors (Lipinski definition) is 9. The number of aromatic carboxylic acids is 4. The van der Waals surface area contributed by atoms with E-state index < -0.39 is 23.9 Å². The number of hydrogen-bond donors (Lipinski definition) is 5. The van der Waals surface area contributed by atoms with Crippen molar-refractivity contribution in [1.82, 2.24) is 9.55 Å². The topological polar surface area (TPSA) is 229 Å². The third-order valence-corrected chi connectivity index (χ3v) is 22.7. The van der Waals surface area contributed by atoms with Gasteiger partial charge in [-0.2, -0.15) is 0 Å². The molecule has 125 heavy (non-hydrogen) atoms. The molecule has 6 N–H and O–H groups in total. The fourth-order valence-corrected chi connectivity index (χ4v) is 14.8. The Kier molecular flexibility index (Phi) is 47.2. The van der Waals surface area contributed by atoms with E-state index in [9.17, 15) is 24.0 Å². The Hall–Kier alpha value is -11.5. The van der Waals surface area contributed by atoms with E-state index >= 15 is 0 Å². The maximum atomic E-state index is 12.3. The van der Waals surface area contributed by atoms with Crippen LogP contribution in [-0.4, -0.2) is 79.0 Å². The van der Waals surface area contributed by atoms with Gasteiger partial charge in [0.25, 0.3) is 5.91 Å². The van der Waals surface area contributed by atoms with E-state index in [1.165, 1.54) is 213 Å². The number of nitrogens with two attached hydrogens (primary N) is 1. The number of carbonyl (C=O) groups excluding carboxylic acids is 1. The highest BCUT2D eigenvalue weighted by Crippen LogP contribution is 2.33. The van der Waals surface area contributed by atoms with Crippen molar-refractivity contribution < 1.29 is 53.9 Å². The highest BCUT2D eigenvalue weighted by atomic mass is 16.5. The zero-order valence-electron chi connectivity index (χ0n) is 75.6. The molecule has 0 unspecified atom stereocenters. The summed E-state index contributed by atoms with van der Waals surface area (Å²) < 4.78 is 13.1. The predicted molar refractivity (Wildman–Crippen MR) is 516 cm³/mol. The highest BCUT2D eigenvalue weighted by Gasteiger charge is 2.14. The third kappa shape index (κ3) is 37.9. The summed E-state index contributed by atoms with van der Waals surface area (Å²) in [4.78, 5) is 59.8. The van der Waals surface area contributed by atoms with Crippen LogP contribution in [0, 0.1) is 13.8 Å². The lowest BCUT2D eigenvalue weighted by Gasteiger charge is -2.14. The average molecular weight is 1690 g/mol.